The average molecular weight is 278 g/mol. The van der Waals surface area contributed by atoms with Crippen LogP contribution in [0, 0.1) is 0 Å². The highest BCUT2D eigenvalue weighted by atomic mass is 16.5. The van der Waals surface area contributed by atoms with Crippen LogP contribution in [0.3, 0.4) is 0 Å². The van der Waals surface area contributed by atoms with E-state index >= 15 is 0 Å². The first-order valence-corrected chi connectivity index (χ1v) is 6.56. The highest BCUT2D eigenvalue weighted by Gasteiger charge is 2.21. The zero-order chi connectivity index (χ0) is 14.5. The van der Waals surface area contributed by atoms with E-state index < -0.39 is 5.97 Å². The molecule has 1 aromatic rings. The van der Waals surface area contributed by atoms with Crippen LogP contribution in [0.5, 0.6) is 0 Å². The van der Waals surface area contributed by atoms with Gasteiger partial charge in [-0.05, 0) is 19.4 Å². The summed E-state index contributed by atoms with van der Waals surface area (Å²) in [5, 5.41) is 5.89. The highest BCUT2D eigenvalue weighted by Crippen LogP contribution is 2.21. The van der Waals surface area contributed by atoms with Gasteiger partial charge in [0.25, 0.3) is 0 Å². The van der Waals surface area contributed by atoms with Crippen LogP contribution < -0.4 is 16.4 Å². The van der Waals surface area contributed by atoms with Gasteiger partial charge in [0.1, 0.15) is 5.82 Å². The van der Waals surface area contributed by atoms with Gasteiger partial charge in [0.2, 0.25) is 5.91 Å². The van der Waals surface area contributed by atoms with Crippen molar-refractivity contribution in [3.63, 3.8) is 0 Å². The second-order valence-corrected chi connectivity index (χ2v) is 4.53. The zero-order valence-electron chi connectivity index (χ0n) is 11.3. The van der Waals surface area contributed by atoms with Crippen LogP contribution in [0.4, 0.5) is 11.5 Å². The van der Waals surface area contributed by atoms with Crippen molar-refractivity contribution in [1.82, 2.24) is 10.3 Å². The largest absolute Gasteiger partial charge is 0.462 e. The molecule has 20 heavy (non-hydrogen) atoms. The Labute approximate surface area is 116 Å². The summed E-state index contributed by atoms with van der Waals surface area (Å²) < 4.78 is 4.92. The third-order valence-corrected chi connectivity index (χ3v) is 3.09. The average Bonchev–Trinajstić information content (AvgIpc) is 2.83. The lowest BCUT2D eigenvalue weighted by Gasteiger charge is -2.14. The summed E-state index contributed by atoms with van der Waals surface area (Å²) in [7, 11) is 0. The number of nitrogens with two attached hydrogens (primary N) is 1. The molecule has 2 heterocycles. The smallest absolute Gasteiger partial charge is 0.340 e. The van der Waals surface area contributed by atoms with Gasteiger partial charge in [-0.2, -0.15) is 0 Å². The molecule has 0 aromatic carbocycles. The summed E-state index contributed by atoms with van der Waals surface area (Å²) >= 11 is 0. The number of esters is 1. The Hall–Kier alpha value is -2.31. The Kier molecular flexibility index (Phi) is 4.39. The summed E-state index contributed by atoms with van der Waals surface area (Å²) in [6.45, 7) is 2.55. The monoisotopic (exact) mass is 278 g/mol. The van der Waals surface area contributed by atoms with Crippen molar-refractivity contribution < 1.29 is 14.3 Å². The van der Waals surface area contributed by atoms with Gasteiger partial charge in [-0.1, -0.05) is 0 Å². The van der Waals surface area contributed by atoms with Crippen LogP contribution in [0.2, 0.25) is 0 Å². The second-order valence-electron chi connectivity index (χ2n) is 4.53. The number of carbonyl (C=O) groups excluding carboxylic acids is 2. The molecule has 7 nitrogen and oxygen atoms in total. The lowest BCUT2D eigenvalue weighted by atomic mass is 10.2. The van der Waals surface area contributed by atoms with E-state index in [4.69, 9.17) is 10.5 Å². The summed E-state index contributed by atoms with van der Waals surface area (Å²) in [6.07, 6.45) is 2.82. The number of rotatable bonds is 5. The van der Waals surface area contributed by atoms with Gasteiger partial charge in [-0.3, -0.25) is 4.79 Å². The Balaban J connectivity index is 2.03. The molecule has 0 saturated carbocycles. The minimum absolute atomic E-state index is 0.0537. The van der Waals surface area contributed by atoms with Crippen molar-refractivity contribution in [3.05, 3.63) is 17.8 Å². The predicted octanol–water partition coefficient (Wildman–Crippen LogP) is 0.531. The zero-order valence-corrected chi connectivity index (χ0v) is 11.3. The second kappa shape index (κ2) is 6.23. The van der Waals surface area contributed by atoms with E-state index in [1.807, 2.05) is 0 Å². The van der Waals surface area contributed by atoms with E-state index in [0.29, 0.717) is 24.3 Å². The number of amides is 1. The fourth-order valence-electron chi connectivity index (χ4n) is 2.05. The van der Waals surface area contributed by atoms with Crippen LogP contribution in [-0.2, 0) is 9.53 Å². The first-order valence-electron chi connectivity index (χ1n) is 6.56. The third kappa shape index (κ3) is 3.17. The normalized spacial score (nSPS) is 17.6. The standard InChI is InChI=1S/C13H18N4O3/c1-2-20-13(19)9-5-6-15-12(11(9)14)16-7-8-3-4-10(18)17-8/h5-6,8H,2-4,7,14H2,1H3,(H,15,16)(H,17,18). The molecule has 1 aliphatic rings. The van der Waals surface area contributed by atoms with Gasteiger partial charge in [0, 0.05) is 25.2 Å². The summed E-state index contributed by atoms with van der Waals surface area (Å²) in [5.74, 6) is 0.0133. The molecule has 0 bridgehead atoms. The molecular formula is C13H18N4O3. The van der Waals surface area contributed by atoms with E-state index in [1.54, 1.807) is 6.92 Å². The number of anilines is 2. The third-order valence-electron chi connectivity index (χ3n) is 3.09. The molecular weight excluding hydrogens is 260 g/mol. The summed E-state index contributed by atoms with van der Waals surface area (Å²) in [5.41, 5.74) is 6.46. The molecule has 1 fully saturated rings. The van der Waals surface area contributed by atoms with Crippen molar-refractivity contribution >= 4 is 23.4 Å². The molecule has 108 valence electrons. The number of carbonyl (C=O) groups is 2. The van der Waals surface area contributed by atoms with Crippen LogP contribution in [0.15, 0.2) is 12.3 Å². The summed E-state index contributed by atoms with van der Waals surface area (Å²) in [4.78, 5) is 26.9. The molecule has 0 radical (unpaired) electrons. The molecule has 0 aliphatic carbocycles. The van der Waals surface area contributed by atoms with Gasteiger partial charge >= 0.3 is 5.97 Å². The first-order chi connectivity index (χ1) is 9.61. The Bertz CT molecular complexity index is 518. The maximum Gasteiger partial charge on any atom is 0.340 e. The Morgan fingerprint density at radius 2 is 2.45 bits per heavy atom. The number of hydrogen-bond donors (Lipinski definition) is 3. The van der Waals surface area contributed by atoms with Crippen molar-refractivity contribution in [2.45, 2.75) is 25.8 Å². The highest BCUT2D eigenvalue weighted by molar-refractivity contribution is 5.97. The van der Waals surface area contributed by atoms with Gasteiger partial charge < -0.3 is 21.1 Å². The van der Waals surface area contributed by atoms with E-state index in [1.165, 1.54) is 12.3 Å². The van der Waals surface area contributed by atoms with Crippen LogP contribution in [0.25, 0.3) is 0 Å². The SMILES string of the molecule is CCOC(=O)c1ccnc(NCC2CCC(=O)N2)c1N. The van der Waals surface area contributed by atoms with Crippen molar-refractivity contribution in [3.8, 4) is 0 Å². The molecule has 1 amide bonds. The Morgan fingerprint density at radius 1 is 1.65 bits per heavy atom. The molecule has 2 rings (SSSR count). The quantitative estimate of drug-likeness (QED) is 0.678. The fraction of sp³-hybridized carbons (Fsp3) is 0.462. The lowest BCUT2D eigenvalue weighted by Crippen LogP contribution is -2.32. The number of nitrogens with one attached hydrogen (secondary N) is 2. The predicted molar refractivity (Wildman–Crippen MR) is 74.3 cm³/mol. The molecule has 1 saturated heterocycles. The molecule has 0 spiro atoms. The van der Waals surface area contributed by atoms with Crippen LogP contribution in [0.1, 0.15) is 30.1 Å². The number of nitrogen functional groups attached to an aromatic ring is 1. The maximum absolute atomic E-state index is 11.7. The maximum atomic E-state index is 11.7. The minimum atomic E-state index is -0.468. The number of ether oxygens (including phenoxy) is 1. The van der Waals surface area contributed by atoms with Crippen LogP contribution in [-0.4, -0.2) is 36.1 Å². The van der Waals surface area contributed by atoms with Gasteiger partial charge in [-0.25, -0.2) is 9.78 Å². The van der Waals surface area contributed by atoms with Crippen LogP contribution >= 0.6 is 0 Å². The van der Waals surface area contributed by atoms with Crippen molar-refractivity contribution in [2.75, 3.05) is 24.2 Å². The van der Waals surface area contributed by atoms with Gasteiger partial charge in [0.15, 0.2) is 0 Å². The number of aromatic nitrogens is 1. The van der Waals surface area contributed by atoms with Crippen molar-refractivity contribution in [1.29, 1.82) is 0 Å². The Morgan fingerprint density at radius 3 is 3.10 bits per heavy atom. The molecule has 1 atom stereocenters. The molecule has 1 aromatic heterocycles. The molecule has 1 unspecified atom stereocenters. The number of pyridine rings is 1. The van der Waals surface area contributed by atoms with Gasteiger partial charge in [-0.15, -0.1) is 0 Å². The minimum Gasteiger partial charge on any atom is -0.462 e. The molecule has 4 N–H and O–H groups in total. The molecule has 1 aliphatic heterocycles. The van der Waals surface area contributed by atoms with E-state index in [-0.39, 0.29) is 24.2 Å². The number of nitrogens with zero attached hydrogens (tertiary/aromatic N) is 1. The first kappa shape index (κ1) is 14.1. The lowest BCUT2D eigenvalue weighted by molar-refractivity contribution is -0.119. The fourth-order valence-corrected chi connectivity index (χ4v) is 2.05. The van der Waals surface area contributed by atoms with E-state index in [0.717, 1.165) is 6.42 Å². The van der Waals surface area contributed by atoms with Gasteiger partial charge in [0.05, 0.1) is 17.9 Å². The summed E-state index contributed by atoms with van der Waals surface area (Å²) in [6, 6.07) is 1.59. The van der Waals surface area contributed by atoms with E-state index in [9.17, 15) is 9.59 Å². The number of hydrogen-bond acceptors (Lipinski definition) is 6. The van der Waals surface area contributed by atoms with E-state index in [2.05, 4.69) is 15.6 Å². The molecule has 7 heteroatoms. The van der Waals surface area contributed by atoms with Crippen molar-refractivity contribution in [2.24, 2.45) is 0 Å². The topological polar surface area (TPSA) is 106 Å².